The third-order valence-electron chi connectivity index (χ3n) is 5.05. The number of anilines is 3. The molecule has 2 aliphatic heterocycles. The molecule has 2 aliphatic rings. The maximum absolute atomic E-state index is 6.45. The van der Waals surface area contributed by atoms with E-state index in [1.807, 2.05) is 17.8 Å². The largest absolute Gasteiger partial charge is 0.370 e. The van der Waals surface area contributed by atoms with Crippen molar-refractivity contribution >= 4 is 64.0 Å². The normalized spacial score (nSPS) is 16.4. The Bertz CT molecular complexity index is 1030. The van der Waals surface area contributed by atoms with Crippen LogP contribution in [0.4, 0.5) is 17.1 Å². The molecule has 0 spiro atoms. The van der Waals surface area contributed by atoms with Gasteiger partial charge in [-0.25, -0.2) is 4.31 Å². The average Bonchev–Trinajstić information content (AvgIpc) is 2.72. The van der Waals surface area contributed by atoms with Crippen molar-refractivity contribution in [3.8, 4) is 0 Å². The first kappa shape index (κ1) is 19.5. The van der Waals surface area contributed by atoms with Crippen molar-refractivity contribution < 1.29 is 0 Å². The predicted octanol–water partition coefficient (Wildman–Crippen LogP) is 7.38. The van der Waals surface area contributed by atoms with Gasteiger partial charge in [0.25, 0.3) is 0 Å². The predicted molar refractivity (Wildman–Crippen MR) is 126 cm³/mol. The Balaban J connectivity index is 1.42. The summed E-state index contributed by atoms with van der Waals surface area (Å²) in [5.41, 5.74) is 3.54. The van der Waals surface area contributed by atoms with E-state index in [1.54, 1.807) is 18.0 Å². The van der Waals surface area contributed by atoms with E-state index in [0.717, 1.165) is 23.8 Å². The lowest BCUT2D eigenvalue weighted by atomic mass is 10.1. The summed E-state index contributed by atoms with van der Waals surface area (Å²) < 4.78 is 2.32. The van der Waals surface area contributed by atoms with E-state index in [4.69, 9.17) is 23.2 Å². The number of benzene rings is 3. The Morgan fingerprint density at radius 2 is 1.66 bits per heavy atom. The molecule has 0 radical (unpaired) electrons. The maximum atomic E-state index is 6.45. The molecule has 0 aliphatic carbocycles. The Morgan fingerprint density at radius 1 is 1.00 bits per heavy atom. The number of nitrogens with zero attached hydrogens (tertiary/aromatic N) is 2. The fourth-order valence-corrected chi connectivity index (χ4v) is 6.53. The van der Waals surface area contributed by atoms with Crippen molar-refractivity contribution in [1.29, 1.82) is 0 Å². The number of rotatable bonds is 3. The molecule has 0 saturated carbocycles. The molecule has 3 nitrogen and oxygen atoms in total. The Labute approximate surface area is 189 Å². The second-order valence-electron chi connectivity index (χ2n) is 7.11. The molecule has 1 atom stereocenters. The van der Waals surface area contributed by atoms with Gasteiger partial charge in [-0.2, -0.15) is 0 Å². The number of halogens is 2. The van der Waals surface area contributed by atoms with Gasteiger partial charge >= 0.3 is 0 Å². The van der Waals surface area contributed by atoms with Crippen LogP contribution in [-0.2, 0) is 0 Å². The van der Waals surface area contributed by atoms with Crippen LogP contribution in [0.1, 0.15) is 6.92 Å². The van der Waals surface area contributed by atoms with Gasteiger partial charge in [-0.15, -0.1) is 0 Å². The number of fused-ring (bicyclic) bond motifs is 3. The van der Waals surface area contributed by atoms with Crippen LogP contribution in [0, 0.1) is 0 Å². The van der Waals surface area contributed by atoms with E-state index in [2.05, 4.69) is 70.0 Å². The van der Waals surface area contributed by atoms with Crippen LogP contribution in [-0.4, -0.2) is 23.6 Å². The summed E-state index contributed by atoms with van der Waals surface area (Å²) in [4.78, 5) is 6.08. The van der Waals surface area contributed by atoms with Gasteiger partial charge < -0.3 is 10.2 Å². The van der Waals surface area contributed by atoms with Crippen molar-refractivity contribution in [3.63, 3.8) is 0 Å². The van der Waals surface area contributed by atoms with Crippen LogP contribution in [0.15, 0.2) is 75.4 Å². The fourth-order valence-electron chi connectivity index (χ4n) is 3.81. The second kappa shape index (κ2) is 7.97. The summed E-state index contributed by atoms with van der Waals surface area (Å²) in [6.07, 6.45) is 0. The Kier molecular flexibility index (Phi) is 5.35. The van der Waals surface area contributed by atoms with E-state index < -0.39 is 0 Å². The van der Waals surface area contributed by atoms with Crippen molar-refractivity contribution in [2.45, 2.75) is 27.7 Å². The molecule has 29 heavy (non-hydrogen) atoms. The summed E-state index contributed by atoms with van der Waals surface area (Å²) in [5.74, 6) is 0. The summed E-state index contributed by atoms with van der Waals surface area (Å²) in [6, 6.07) is 21.3. The monoisotopic (exact) mass is 459 g/mol. The van der Waals surface area contributed by atoms with Gasteiger partial charge in [0.05, 0.1) is 33.6 Å². The molecule has 3 aromatic rings. The first-order chi connectivity index (χ1) is 14.1. The molecule has 0 saturated heterocycles. The lowest BCUT2D eigenvalue weighted by molar-refractivity contribution is 0.454. The summed E-state index contributed by atoms with van der Waals surface area (Å²) in [7, 11) is 0. The highest BCUT2D eigenvalue weighted by molar-refractivity contribution is 7.99. The molecule has 7 heteroatoms. The fraction of sp³-hybridized carbons (Fsp3) is 0.182. The first-order valence-corrected chi connectivity index (χ1v) is 11.8. The Hall–Kier alpha value is -1.50. The van der Waals surface area contributed by atoms with E-state index in [1.165, 1.54) is 21.2 Å². The van der Waals surface area contributed by atoms with Gasteiger partial charge in [-0.05, 0) is 55.3 Å². The highest BCUT2D eigenvalue weighted by Gasteiger charge is 2.29. The minimum absolute atomic E-state index is 0.278. The van der Waals surface area contributed by atoms with Gasteiger partial charge in [0, 0.05) is 27.4 Å². The summed E-state index contributed by atoms with van der Waals surface area (Å²) in [6.45, 7) is 3.90. The maximum Gasteiger partial charge on any atom is 0.0779 e. The van der Waals surface area contributed by atoms with Crippen LogP contribution in [0.3, 0.4) is 0 Å². The SMILES string of the molecule is CC(CN1CNc2cc(Cl)cc(Cl)c2S1)N1c2ccccc2Sc2ccccc21. The van der Waals surface area contributed by atoms with E-state index in [-0.39, 0.29) is 6.04 Å². The van der Waals surface area contributed by atoms with Gasteiger partial charge in [-0.3, -0.25) is 0 Å². The lowest BCUT2D eigenvalue weighted by Gasteiger charge is -2.40. The third kappa shape index (κ3) is 3.71. The van der Waals surface area contributed by atoms with Crippen LogP contribution in [0.2, 0.25) is 10.0 Å². The zero-order chi connectivity index (χ0) is 20.0. The molecule has 2 heterocycles. The van der Waals surface area contributed by atoms with Gasteiger partial charge in [0.1, 0.15) is 0 Å². The minimum Gasteiger partial charge on any atom is -0.370 e. The van der Waals surface area contributed by atoms with Crippen LogP contribution in [0.5, 0.6) is 0 Å². The number of nitrogens with one attached hydrogen (secondary N) is 1. The Morgan fingerprint density at radius 3 is 2.34 bits per heavy atom. The van der Waals surface area contributed by atoms with Crippen molar-refractivity contribution in [3.05, 3.63) is 70.7 Å². The number of hydrogen-bond acceptors (Lipinski definition) is 5. The second-order valence-corrected chi connectivity index (χ2v) is 10.1. The van der Waals surface area contributed by atoms with Crippen molar-refractivity contribution in [2.24, 2.45) is 0 Å². The topological polar surface area (TPSA) is 18.5 Å². The first-order valence-electron chi connectivity index (χ1n) is 9.41. The van der Waals surface area contributed by atoms with Gasteiger partial charge in [0.2, 0.25) is 0 Å². The quantitative estimate of drug-likeness (QED) is 0.410. The molecule has 1 unspecified atom stereocenters. The highest BCUT2D eigenvalue weighted by atomic mass is 35.5. The molecule has 0 fully saturated rings. The molecule has 3 aromatic carbocycles. The summed E-state index contributed by atoms with van der Waals surface area (Å²) >= 11 is 16.1. The van der Waals surface area contributed by atoms with E-state index in [0.29, 0.717) is 10.0 Å². The van der Waals surface area contributed by atoms with Crippen molar-refractivity contribution in [1.82, 2.24) is 4.31 Å². The van der Waals surface area contributed by atoms with E-state index in [9.17, 15) is 0 Å². The average molecular weight is 460 g/mol. The molecular weight excluding hydrogens is 441 g/mol. The molecule has 0 amide bonds. The van der Waals surface area contributed by atoms with Gasteiger partial charge in [-0.1, -0.05) is 59.2 Å². The van der Waals surface area contributed by atoms with Crippen LogP contribution < -0.4 is 10.2 Å². The van der Waals surface area contributed by atoms with Crippen molar-refractivity contribution in [2.75, 3.05) is 23.4 Å². The molecule has 0 aromatic heterocycles. The van der Waals surface area contributed by atoms with Crippen LogP contribution in [0.25, 0.3) is 0 Å². The molecule has 1 N–H and O–H groups in total. The van der Waals surface area contributed by atoms with E-state index >= 15 is 0 Å². The summed E-state index contributed by atoms with van der Waals surface area (Å²) in [5, 5.41) is 4.80. The standard InChI is InChI=1S/C22H19Cl2N3S2/c1-14(12-26-13-25-17-11-15(23)10-16(24)22(17)29-26)27-18-6-2-4-8-20(18)28-21-9-5-3-7-19(21)27/h2-11,14,25H,12-13H2,1H3. The lowest BCUT2D eigenvalue weighted by Crippen LogP contribution is -2.41. The smallest absolute Gasteiger partial charge is 0.0779 e. The zero-order valence-electron chi connectivity index (χ0n) is 15.7. The number of hydrogen-bond donors (Lipinski definition) is 1. The molecule has 5 rings (SSSR count). The highest BCUT2D eigenvalue weighted by Crippen LogP contribution is 2.49. The zero-order valence-corrected chi connectivity index (χ0v) is 18.9. The third-order valence-corrected chi connectivity index (χ3v) is 7.97. The molecule has 0 bridgehead atoms. The molecular formula is C22H19Cl2N3S2. The minimum atomic E-state index is 0.278. The molecule has 148 valence electrons. The number of para-hydroxylation sites is 2. The van der Waals surface area contributed by atoms with Crippen LogP contribution >= 0.6 is 46.9 Å². The van der Waals surface area contributed by atoms with Gasteiger partial charge in [0.15, 0.2) is 0 Å².